The second-order valence-electron chi connectivity index (χ2n) is 6.44. The van der Waals surface area contributed by atoms with Crippen LogP contribution in [0, 0.1) is 0 Å². The van der Waals surface area contributed by atoms with Crippen LogP contribution in [0.1, 0.15) is 58.8 Å². The van der Waals surface area contributed by atoms with Gasteiger partial charge in [0.2, 0.25) is 0 Å². The van der Waals surface area contributed by atoms with Gasteiger partial charge in [0.1, 0.15) is 0 Å². The standard InChI is InChI=1S/C23H24N2O6/c1-4-20-24-21(31-25-20)14-30-23(27)17-10-8-7-9-16(17)22(26)15-11-12-18(28-5-2)19(13-15)29-6-3/h7-13H,4-6,14H2,1-3H3. The fraction of sp³-hybridized carbons (Fsp3) is 0.304. The Bertz CT molecular complexity index is 1060. The van der Waals surface area contributed by atoms with E-state index in [2.05, 4.69) is 10.1 Å². The van der Waals surface area contributed by atoms with Gasteiger partial charge in [0.15, 0.2) is 29.7 Å². The van der Waals surface area contributed by atoms with Crippen molar-refractivity contribution in [2.45, 2.75) is 33.8 Å². The first-order valence-corrected chi connectivity index (χ1v) is 10.1. The fourth-order valence-corrected chi connectivity index (χ4v) is 2.90. The third kappa shape index (κ3) is 5.28. The van der Waals surface area contributed by atoms with Crippen molar-refractivity contribution in [2.24, 2.45) is 0 Å². The molecule has 8 heteroatoms. The van der Waals surface area contributed by atoms with E-state index in [-0.39, 0.29) is 29.4 Å². The molecular formula is C23H24N2O6. The van der Waals surface area contributed by atoms with E-state index in [0.717, 1.165) is 0 Å². The van der Waals surface area contributed by atoms with Gasteiger partial charge in [-0.1, -0.05) is 30.3 Å². The largest absolute Gasteiger partial charge is 0.490 e. The molecule has 0 aliphatic carbocycles. The average molecular weight is 424 g/mol. The van der Waals surface area contributed by atoms with Gasteiger partial charge < -0.3 is 18.7 Å². The zero-order valence-corrected chi connectivity index (χ0v) is 17.7. The summed E-state index contributed by atoms with van der Waals surface area (Å²) >= 11 is 0. The number of carbonyl (C=O) groups is 2. The summed E-state index contributed by atoms with van der Waals surface area (Å²) < 4.78 is 21.5. The molecule has 1 aromatic heterocycles. The Morgan fingerprint density at radius 3 is 2.32 bits per heavy atom. The van der Waals surface area contributed by atoms with Crippen LogP contribution in [0.15, 0.2) is 47.0 Å². The van der Waals surface area contributed by atoms with E-state index in [9.17, 15) is 9.59 Å². The highest BCUT2D eigenvalue weighted by Gasteiger charge is 2.21. The third-order valence-corrected chi connectivity index (χ3v) is 4.35. The van der Waals surface area contributed by atoms with Crippen molar-refractivity contribution in [1.29, 1.82) is 0 Å². The highest BCUT2D eigenvalue weighted by Crippen LogP contribution is 2.30. The minimum Gasteiger partial charge on any atom is -0.490 e. The molecule has 0 aliphatic heterocycles. The molecule has 0 bridgehead atoms. The van der Waals surface area contributed by atoms with Gasteiger partial charge in [0.25, 0.3) is 5.89 Å². The Balaban J connectivity index is 1.82. The van der Waals surface area contributed by atoms with E-state index in [1.807, 2.05) is 20.8 Å². The Kier molecular flexibility index (Phi) is 7.37. The van der Waals surface area contributed by atoms with Crippen LogP contribution in [0.2, 0.25) is 0 Å². The fourth-order valence-electron chi connectivity index (χ4n) is 2.90. The van der Waals surface area contributed by atoms with Crippen molar-refractivity contribution in [3.8, 4) is 11.5 Å². The molecule has 0 N–H and O–H groups in total. The molecule has 2 aromatic carbocycles. The van der Waals surface area contributed by atoms with Crippen LogP contribution >= 0.6 is 0 Å². The van der Waals surface area contributed by atoms with Gasteiger partial charge in [-0.05, 0) is 38.1 Å². The van der Waals surface area contributed by atoms with Crippen molar-refractivity contribution >= 4 is 11.8 Å². The number of aryl methyl sites for hydroxylation is 1. The van der Waals surface area contributed by atoms with Gasteiger partial charge >= 0.3 is 5.97 Å². The van der Waals surface area contributed by atoms with E-state index >= 15 is 0 Å². The first-order chi connectivity index (χ1) is 15.1. The lowest BCUT2D eigenvalue weighted by Crippen LogP contribution is -2.13. The minimum atomic E-state index is -0.656. The van der Waals surface area contributed by atoms with Crippen LogP contribution in [-0.4, -0.2) is 35.1 Å². The zero-order valence-electron chi connectivity index (χ0n) is 17.7. The van der Waals surface area contributed by atoms with Crippen LogP contribution in [0.25, 0.3) is 0 Å². The van der Waals surface area contributed by atoms with Crippen LogP contribution in [0.3, 0.4) is 0 Å². The summed E-state index contributed by atoms with van der Waals surface area (Å²) in [5.41, 5.74) is 0.741. The lowest BCUT2D eigenvalue weighted by Gasteiger charge is -2.13. The Morgan fingerprint density at radius 2 is 1.65 bits per heavy atom. The summed E-state index contributed by atoms with van der Waals surface area (Å²) in [5, 5.41) is 3.76. The molecule has 3 aromatic rings. The smallest absolute Gasteiger partial charge is 0.339 e. The molecule has 0 amide bonds. The van der Waals surface area contributed by atoms with Gasteiger partial charge in [0.05, 0.1) is 18.8 Å². The summed E-state index contributed by atoms with van der Waals surface area (Å²) in [6.45, 7) is 6.33. The number of benzene rings is 2. The monoisotopic (exact) mass is 424 g/mol. The highest BCUT2D eigenvalue weighted by atomic mass is 16.6. The van der Waals surface area contributed by atoms with E-state index < -0.39 is 5.97 Å². The SMILES string of the molecule is CCOc1ccc(C(=O)c2ccccc2C(=O)OCc2nc(CC)no2)cc1OCC. The normalized spacial score (nSPS) is 10.5. The highest BCUT2D eigenvalue weighted by molar-refractivity contribution is 6.14. The van der Waals surface area contributed by atoms with Gasteiger partial charge in [-0.2, -0.15) is 4.98 Å². The number of hydrogen-bond acceptors (Lipinski definition) is 8. The number of esters is 1. The first kappa shape index (κ1) is 22.0. The van der Waals surface area contributed by atoms with Gasteiger partial charge in [-0.15, -0.1) is 0 Å². The Hall–Kier alpha value is -3.68. The molecule has 0 aliphatic rings. The predicted octanol–water partition coefficient (Wildman–Crippen LogP) is 4.02. The summed E-state index contributed by atoms with van der Waals surface area (Å²) in [6, 6.07) is 11.4. The summed E-state index contributed by atoms with van der Waals surface area (Å²) in [5.74, 6) is 0.765. The van der Waals surface area contributed by atoms with Crippen LogP contribution in [0.5, 0.6) is 11.5 Å². The molecule has 0 saturated heterocycles. The number of nitrogens with zero attached hydrogens (tertiary/aromatic N) is 2. The molecule has 0 saturated carbocycles. The van der Waals surface area contributed by atoms with E-state index in [4.69, 9.17) is 18.7 Å². The van der Waals surface area contributed by atoms with Gasteiger partial charge in [-0.3, -0.25) is 4.79 Å². The lowest BCUT2D eigenvalue weighted by molar-refractivity contribution is 0.0427. The van der Waals surface area contributed by atoms with Crippen molar-refractivity contribution in [1.82, 2.24) is 10.1 Å². The van der Waals surface area contributed by atoms with Crippen molar-refractivity contribution in [3.63, 3.8) is 0 Å². The zero-order chi connectivity index (χ0) is 22.2. The molecule has 31 heavy (non-hydrogen) atoms. The number of hydrogen-bond donors (Lipinski definition) is 0. The van der Waals surface area contributed by atoms with Crippen molar-refractivity contribution < 1.29 is 28.3 Å². The predicted molar refractivity (Wildman–Crippen MR) is 111 cm³/mol. The average Bonchev–Trinajstić information content (AvgIpc) is 3.26. The Labute approximate surface area is 180 Å². The second kappa shape index (κ2) is 10.4. The summed E-state index contributed by atoms with van der Waals surface area (Å²) in [7, 11) is 0. The molecule has 3 rings (SSSR count). The molecule has 1 heterocycles. The molecular weight excluding hydrogens is 400 g/mol. The topological polar surface area (TPSA) is 101 Å². The minimum absolute atomic E-state index is 0.148. The van der Waals surface area contributed by atoms with Crippen molar-refractivity contribution in [3.05, 3.63) is 70.9 Å². The molecule has 0 unspecified atom stereocenters. The molecule has 0 spiro atoms. The maximum absolute atomic E-state index is 13.2. The van der Waals surface area contributed by atoms with E-state index in [0.29, 0.717) is 42.5 Å². The maximum Gasteiger partial charge on any atom is 0.339 e. The lowest BCUT2D eigenvalue weighted by atomic mass is 9.98. The second-order valence-corrected chi connectivity index (χ2v) is 6.44. The number of ketones is 1. The molecule has 162 valence electrons. The van der Waals surface area contributed by atoms with E-state index in [1.54, 1.807) is 42.5 Å². The summed E-state index contributed by atoms with van der Waals surface area (Å²) in [4.78, 5) is 29.9. The number of ether oxygens (including phenoxy) is 3. The number of aromatic nitrogens is 2. The molecule has 8 nitrogen and oxygen atoms in total. The number of rotatable bonds is 10. The van der Waals surface area contributed by atoms with Crippen molar-refractivity contribution in [2.75, 3.05) is 13.2 Å². The van der Waals surface area contributed by atoms with Gasteiger partial charge in [-0.25, -0.2) is 4.79 Å². The molecule has 0 atom stereocenters. The quantitative estimate of drug-likeness (QED) is 0.355. The maximum atomic E-state index is 13.2. The first-order valence-electron chi connectivity index (χ1n) is 10.1. The van der Waals surface area contributed by atoms with Crippen LogP contribution in [0.4, 0.5) is 0 Å². The van der Waals surface area contributed by atoms with E-state index in [1.165, 1.54) is 0 Å². The van der Waals surface area contributed by atoms with Crippen LogP contribution in [-0.2, 0) is 17.8 Å². The third-order valence-electron chi connectivity index (χ3n) is 4.35. The number of carbonyl (C=O) groups excluding carboxylic acids is 2. The summed E-state index contributed by atoms with van der Waals surface area (Å²) in [6.07, 6.45) is 0.612. The molecule has 0 radical (unpaired) electrons. The van der Waals surface area contributed by atoms with Crippen LogP contribution < -0.4 is 9.47 Å². The Morgan fingerprint density at radius 1 is 0.935 bits per heavy atom. The molecule has 0 fully saturated rings. The van der Waals surface area contributed by atoms with Gasteiger partial charge in [0, 0.05) is 17.5 Å².